The maximum atomic E-state index is 13.5. The van der Waals surface area contributed by atoms with Crippen LogP contribution in [0.2, 0.25) is 0 Å². The molecule has 0 aliphatic carbocycles. The fourth-order valence-corrected chi connectivity index (χ4v) is 4.97. The van der Waals surface area contributed by atoms with Crippen molar-refractivity contribution in [2.45, 2.75) is 24.9 Å². The summed E-state index contributed by atoms with van der Waals surface area (Å²) in [6.45, 7) is 2.63. The second-order valence-corrected chi connectivity index (χ2v) is 10.6. The number of sulfonamides is 1. The van der Waals surface area contributed by atoms with Gasteiger partial charge in [-0.2, -0.15) is 4.98 Å². The zero-order chi connectivity index (χ0) is 27.6. The molecule has 2 heterocycles. The van der Waals surface area contributed by atoms with Gasteiger partial charge in [0.15, 0.2) is 0 Å². The number of anilines is 4. The average molecular weight is 547 g/mol. The molecular formula is C27H27FN8O2S. The Morgan fingerprint density at radius 3 is 2.54 bits per heavy atom. The fourth-order valence-electron chi connectivity index (χ4n) is 4.16. The molecule has 39 heavy (non-hydrogen) atoms. The van der Waals surface area contributed by atoms with Gasteiger partial charge in [-0.3, -0.25) is 0 Å². The molecule has 0 saturated heterocycles. The van der Waals surface area contributed by atoms with Crippen LogP contribution >= 0.6 is 0 Å². The summed E-state index contributed by atoms with van der Waals surface area (Å²) in [6.07, 6.45) is 1.60. The lowest BCUT2D eigenvalue weighted by atomic mass is 10.2. The molecule has 5 rings (SSSR count). The molecule has 0 saturated carbocycles. The highest BCUT2D eigenvalue weighted by Crippen LogP contribution is 2.23. The first-order valence-electron chi connectivity index (χ1n) is 12.1. The number of hydrogen-bond acceptors (Lipinski definition) is 8. The molecule has 5 aromatic rings. The first-order chi connectivity index (χ1) is 18.7. The summed E-state index contributed by atoms with van der Waals surface area (Å²) in [4.78, 5) is 13.4. The minimum Gasteiger partial charge on any atom is -0.366 e. The van der Waals surface area contributed by atoms with Gasteiger partial charge in [0.05, 0.1) is 15.9 Å². The number of benzene rings is 3. The van der Waals surface area contributed by atoms with E-state index in [4.69, 9.17) is 10.1 Å². The van der Waals surface area contributed by atoms with Crippen molar-refractivity contribution >= 4 is 44.5 Å². The Hall–Kier alpha value is -4.55. The Morgan fingerprint density at radius 2 is 1.74 bits per heavy atom. The zero-order valence-electron chi connectivity index (χ0n) is 21.3. The molecule has 0 bridgehead atoms. The third-order valence-electron chi connectivity index (χ3n) is 6.16. The Morgan fingerprint density at radius 1 is 0.949 bits per heavy atom. The van der Waals surface area contributed by atoms with E-state index in [1.54, 1.807) is 37.4 Å². The van der Waals surface area contributed by atoms with E-state index < -0.39 is 10.0 Å². The molecule has 10 nitrogen and oxygen atoms in total. The number of aromatic nitrogens is 4. The van der Waals surface area contributed by atoms with Gasteiger partial charge in [-0.05, 0) is 66.1 Å². The van der Waals surface area contributed by atoms with Crippen molar-refractivity contribution in [2.75, 3.05) is 16.0 Å². The Labute approximate surface area is 225 Å². The van der Waals surface area contributed by atoms with E-state index in [0.29, 0.717) is 42.1 Å². The van der Waals surface area contributed by atoms with Gasteiger partial charge < -0.3 is 20.5 Å². The lowest BCUT2D eigenvalue weighted by Crippen LogP contribution is -2.14. The number of halogens is 1. The van der Waals surface area contributed by atoms with Gasteiger partial charge in [-0.15, -0.1) is 0 Å². The third kappa shape index (κ3) is 6.13. The minimum absolute atomic E-state index is 0.0408. The van der Waals surface area contributed by atoms with E-state index >= 15 is 0 Å². The Kier molecular flexibility index (Phi) is 7.13. The number of imidazole rings is 1. The zero-order valence-corrected chi connectivity index (χ0v) is 22.1. The van der Waals surface area contributed by atoms with Crippen molar-refractivity contribution in [3.63, 3.8) is 0 Å². The lowest BCUT2D eigenvalue weighted by Gasteiger charge is -2.10. The van der Waals surface area contributed by atoms with Crippen LogP contribution in [0.5, 0.6) is 0 Å². The molecule has 2 aromatic heterocycles. The van der Waals surface area contributed by atoms with Crippen LogP contribution in [0.15, 0.2) is 77.8 Å². The Balaban J connectivity index is 1.26. The van der Waals surface area contributed by atoms with Gasteiger partial charge in [0.2, 0.25) is 21.9 Å². The van der Waals surface area contributed by atoms with Gasteiger partial charge in [-0.25, -0.2) is 27.9 Å². The first-order valence-corrected chi connectivity index (χ1v) is 13.6. The molecule has 0 radical (unpaired) electrons. The lowest BCUT2D eigenvalue weighted by molar-refractivity contribution is 0.597. The van der Waals surface area contributed by atoms with E-state index in [0.717, 1.165) is 22.2 Å². The van der Waals surface area contributed by atoms with Gasteiger partial charge in [0, 0.05) is 32.0 Å². The van der Waals surface area contributed by atoms with Gasteiger partial charge in [0.1, 0.15) is 11.6 Å². The van der Waals surface area contributed by atoms with Gasteiger partial charge in [-0.1, -0.05) is 24.3 Å². The summed E-state index contributed by atoms with van der Waals surface area (Å²) in [6, 6.07) is 19.1. The molecule has 12 heteroatoms. The summed E-state index contributed by atoms with van der Waals surface area (Å²) < 4.78 is 39.1. The number of nitrogens with one attached hydrogen (secondary N) is 3. The smallest absolute Gasteiger partial charge is 0.238 e. The van der Waals surface area contributed by atoms with E-state index in [9.17, 15) is 12.8 Å². The summed E-state index contributed by atoms with van der Waals surface area (Å²) in [5, 5.41) is 14.9. The van der Waals surface area contributed by atoms with Crippen LogP contribution in [0.1, 0.15) is 16.7 Å². The van der Waals surface area contributed by atoms with Crippen LogP contribution in [0.25, 0.3) is 11.0 Å². The number of rotatable bonds is 9. The van der Waals surface area contributed by atoms with Gasteiger partial charge >= 0.3 is 0 Å². The molecule has 0 amide bonds. The second kappa shape index (κ2) is 10.7. The van der Waals surface area contributed by atoms with Gasteiger partial charge in [0.25, 0.3) is 0 Å². The monoisotopic (exact) mass is 546 g/mol. The molecule has 0 aliphatic rings. The quantitative estimate of drug-likeness (QED) is 0.213. The Bertz CT molecular complexity index is 1770. The number of nitrogens with zero attached hydrogens (tertiary/aromatic N) is 4. The number of aryl methyl sites for hydroxylation is 2. The molecule has 3 aromatic carbocycles. The van der Waals surface area contributed by atoms with Crippen molar-refractivity contribution in [3.8, 4) is 0 Å². The molecule has 0 fully saturated rings. The van der Waals surface area contributed by atoms with Crippen molar-refractivity contribution in [1.29, 1.82) is 0 Å². The minimum atomic E-state index is -3.85. The number of hydrogen-bond donors (Lipinski definition) is 4. The van der Waals surface area contributed by atoms with E-state index in [-0.39, 0.29) is 10.7 Å². The van der Waals surface area contributed by atoms with E-state index in [1.165, 1.54) is 18.2 Å². The fraction of sp³-hybridized carbons (Fsp3) is 0.148. The summed E-state index contributed by atoms with van der Waals surface area (Å²) >= 11 is 0. The highest BCUT2D eigenvalue weighted by Gasteiger charge is 2.13. The summed E-state index contributed by atoms with van der Waals surface area (Å²) in [5.74, 6) is 1.31. The second-order valence-electron chi connectivity index (χ2n) is 9.07. The highest BCUT2D eigenvalue weighted by molar-refractivity contribution is 7.89. The van der Waals surface area contributed by atoms with Crippen molar-refractivity contribution in [2.24, 2.45) is 12.2 Å². The van der Waals surface area contributed by atoms with Crippen LogP contribution in [0.4, 0.5) is 27.8 Å². The molecule has 0 unspecified atom stereocenters. The molecule has 0 atom stereocenters. The highest BCUT2D eigenvalue weighted by atomic mass is 32.2. The summed E-state index contributed by atoms with van der Waals surface area (Å²) in [5.41, 5.74) is 4.68. The molecule has 0 aliphatic heterocycles. The third-order valence-corrected chi connectivity index (χ3v) is 7.22. The van der Waals surface area contributed by atoms with E-state index in [1.807, 2.05) is 35.9 Å². The predicted molar refractivity (Wildman–Crippen MR) is 150 cm³/mol. The van der Waals surface area contributed by atoms with Crippen LogP contribution < -0.4 is 21.1 Å². The molecule has 5 N–H and O–H groups in total. The summed E-state index contributed by atoms with van der Waals surface area (Å²) in [7, 11) is -1.92. The predicted octanol–water partition coefficient (Wildman–Crippen LogP) is 4.43. The normalized spacial score (nSPS) is 11.5. The topological polar surface area (TPSA) is 140 Å². The standard InChI is InChI=1S/C27H27FN8O2S/c1-17-6-8-21(14-24(17)39(29,37)38)33-26-30-11-10-25(35-26)31-15-19-7-9-23-22(13-19)34-27(36(23)2)32-16-18-4-3-5-20(28)12-18/h3-14H,15-16H2,1-2H3,(H,32,34)(H2,29,37,38)(H2,30,31,33,35). The van der Waals surface area contributed by atoms with Crippen molar-refractivity contribution in [1.82, 2.24) is 19.5 Å². The molecule has 200 valence electrons. The maximum Gasteiger partial charge on any atom is 0.238 e. The molecular weight excluding hydrogens is 519 g/mol. The van der Waals surface area contributed by atoms with E-state index in [2.05, 4.69) is 25.9 Å². The first kappa shape index (κ1) is 26.1. The number of primary sulfonamides is 1. The molecule has 0 spiro atoms. The largest absolute Gasteiger partial charge is 0.366 e. The SMILES string of the molecule is Cc1ccc(Nc2nccc(NCc3ccc4c(c3)nc(NCc3cccc(F)c3)n4C)n2)cc1S(N)(=O)=O. The number of nitrogens with two attached hydrogens (primary N) is 1. The van der Waals surface area contributed by atoms with Crippen LogP contribution in [0.3, 0.4) is 0 Å². The van der Waals surface area contributed by atoms with Crippen molar-refractivity contribution in [3.05, 3.63) is 95.4 Å². The van der Waals surface area contributed by atoms with Crippen LogP contribution in [0, 0.1) is 12.7 Å². The maximum absolute atomic E-state index is 13.5. The number of fused-ring (bicyclic) bond motifs is 1. The van der Waals surface area contributed by atoms with Crippen LogP contribution in [-0.4, -0.2) is 27.9 Å². The van der Waals surface area contributed by atoms with Crippen LogP contribution in [-0.2, 0) is 30.2 Å². The van der Waals surface area contributed by atoms with Crippen molar-refractivity contribution < 1.29 is 12.8 Å². The average Bonchev–Trinajstić information content (AvgIpc) is 3.21.